The van der Waals surface area contributed by atoms with E-state index in [0.29, 0.717) is 17.3 Å². The van der Waals surface area contributed by atoms with Gasteiger partial charge in [0.2, 0.25) is 0 Å². The van der Waals surface area contributed by atoms with Gasteiger partial charge in [0, 0.05) is 23.5 Å². The van der Waals surface area contributed by atoms with Crippen molar-refractivity contribution in [2.45, 2.75) is 19.4 Å². The van der Waals surface area contributed by atoms with Gasteiger partial charge in [0.25, 0.3) is 0 Å². The Morgan fingerprint density at radius 1 is 1.16 bits per heavy atom. The van der Waals surface area contributed by atoms with Gasteiger partial charge in [-0.15, -0.1) is 12.4 Å². The first-order chi connectivity index (χ1) is 11.6. The van der Waals surface area contributed by atoms with Crippen LogP contribution in [-0.2, 0) is 24.2 Å². The van der Waals surface area contributed by atoms with Crippen LogP contribution in [0.1, 0.15) is 11.3 Å². The minimum atomic E-state index is -0.854. The van der Waals surface area contributed by atoms with Gasteiger partial charge in [0.1, 0.15) is 0 Å². The molecule has 1 heterocycles. The minimum absolute atomic E-state index is 0. The second kappa shape index (κ2) is 8.70. The quantitative estimate of drug-likeness (QED) is 0.689. The molecular weight excluding hydrogens is 359 g/mol. The maximum absolute atomic E-state index is 10.9. The van der Waals surface area contributed by atoms with E-state index in [-0.39, 0.29) is 18.8 Å². The fourth-order valence-electron chi connectivity index (χ4n) is 2.75. The smallest absolute Gasteiger partial charge is 0.309 e. The molecule has 25 heavy (non-hydrogen) atoms. The van der Waals surface area contributed by atoms with Crippen molar-refractivity contribution in [3.63, 3.8) is 0 Å². The molecule has 0 aliphatic heterocycles. The lowest BCUT2D eigenvalue weighted by Crippen LogP contribution is -2.09. The third kappa shape index (κ3) is 4.84. The van der Waals surface area contributed by atoms with E-state index in [1.54, 1.807) is 12.5 Å². The van der Waals surface area contributed by atoms with E-state index >= 15 is 0 Å². The second-order valence-electron chi connectivity index (χ2n) is 5.57. The standard InChI is InChI=1S/C19H17ClN2O2.ClH/c20-16-7-6-15(18(10-16)14-4-2-1-3-5-14)8-9-22-13-21-12-17(22)11-19(23)24;/h1-7,10,12-13H,8-9,11H2,(H,23,24);1H. The number of carboxylic acid groups (broad SMARTS) is 1. The molecule has 0 aliphatic carbocycles. The van der Waals surface area contributed by atoms with E-state index in [2.05, 4.69) is 17.1 Å². The molecule has 1 aromatic heterocycles. The lowest BCUT2D eigenvalue weighted by Gasteiger charge is -2.12. The average Bonchev–Trinajstić information content (AvgIpc) is 3.01. The van der Waals surface area contributed by atoms with Gasteiger partial charge in [-0.2, -0.15) is 0 Å². The van der Waals surface area contributed by atoms with Crippen molar-refractivity contribution >= 4 is 30.0 Å². The number of carboxylic acids is 1. The second-order valence-corrected chi connectivity index (χ2v) is 6.00. The molecule has 4 nitrogen and oxygen atoms in total. The van der Waals surface area contributed by atoms with E-state index < -0.39 is 5.97 Å². The molecule has 0 aliphatic rings. The van der Waals surface area contributed by atoms with Crippen LogP contribution in [0.4, 0.5) is 0 Å². The zero-order chi connectivity index (χ0) is 16.9. The fraction of sp³-hybridized carbons (Fsp3) is 0.158. The molecule has 0 saturated carbocycles. The first-order valence-electron chi connectivity index (χ1n) is 7.68. The van der Waals surface area contributed by atoms with Crippen LogP contribution < -0.4 is 0 Å². The van der Waals surface area contributed by atoms with E-state index in [4.69, 9.17) is 16.7 Å². The first kappa shape index (κ1) is 19.0. The van der Waals surface area contributed by atoms with Crippen LogP contribution in [0, 0.1) is 0 Å². The van der Waals surface area contributed by atoms with Crippen molar-refractivity contribution in [1.82, 2.24) is 9.55 Å². The molecule has 0 atom stereocenters. The summed E-state index contributed by atoms with van der Waals surface area (Å²) in [6, 6.07) is 16.0. The van der Waals surface area contributed by atoms with Crippen LogP contribution in [0.15, 0.2) is 61.1 Å². The topological polar surface area (TPSA) is 55.1 Å². The third-order valence-electron chi connectivity index (χ3n) is 3.91. The van der Waals surface area contributed by atoms with Crippen molar-refractivity contribution in [2.75, 3.05) is 0 Å². The molecule has 0 unspecified atom stereocenters. The number of nitrogens with zero attached hydrogens (tertiary/aromatic N) is 2. The summed E-state index contributed by atoms with van der Waals surface area (Å²) in [5.41, 5.74) is 4.09. The lowest BCUT2D eigenvalue weighted by atomic mass is 9.97. The summed E-state index contributed by atoms with van der Waals surface area (Å²) >= 11 is 6.17. The highest BCUT2D eigenvalue weighted by Crippen LogP contribution is 2.27. The maximum Gasteiger partial charge on any atom is 0.309 e. The Balaban J connectivity index is 0.00000225. The summed E-state index contributed by atoms with van der Waals surface area (Å²) in [6.45, 7) is 0.671. The monoisotopic (exact) mass is 376 g/mol. The van der Waals surface area contributed by atoms with Crippen LogP contribution in [0.3, 0.4) is 0 Å². The Kier molecular flexibility index (Phi) is 6.62. The number of aromatic nitrogens is 2. The first-order valence-corrected chi connectivity index (χ1v) is 8.06. The van der Waals surface area contributed by atoms with Gasteiger partial charge in [-0.05, 0) is 35.2 Å². The number of benzene rings is 2. The zero-order valence-electron chi connectivity index (χ0n) is 13.4. The molecular formula is C19H18Cl2N2O2. The normalized spacial score (nSPS) is 10.3. The van der Waals surface area contributed by atoms with Crippen LogP contribution in [0.25, 0.3) is 11.1 Å². The Hall–Kier alpha value is -2.30. The Bertz CT molecular complexity index is 848. The molecule has 0 bridgehead atoms. The van der Waals surface area contributed by atoms with E-state index in [1.165, 1.54) is 5.56 Å². The van der Waals surface area contributed by atoms with Crippen molar-refractivity contribution in [3.8, 4) is 11.1 Å². The van der Waals surface area contributed by atoms with Gasteiger partial charge < -0.3 is 9.67 Å². The molecule has 6 heteroatoms. The summed E-state index contributed by atoms with van der Waals surface area (Å²) in [5.74, 6) is -0.854. The van der Waals surface area contributed by atoms with Crippen LogP contribution in [0.2, 0.25) is 5.02 Å². The Labute approximate surface area is 157 Å². The fourth-order valence-corrected chi connectivity index (χ4v) is 2.92. The minimum Gasteiger partial charge on any atom is -0.481 e. The van der Waals surface area contributed by atoms with Gasteiger partial charge in [-0.3, -0.25) is 4.79 Å². The third-order valence-corrected chi connectivity index (χ3v) is 4.14. The van der Waals surface area contributed by atoms with Gasteiger partial charge >= 0.3 is 5.97 Å². The van der Waals surface area contributed by atoms with Crippen LogP contribution in [0.5, 0.6) is 0 Å². The van der Waals surface area contributed by atoms with Crippen molar-refractivity contribution < 1.29 is 9.90 Å². The molecule has 2 aromatic carbocycles. The maximum atomic E-state index is 10.9. The van der Waals surface area contributed by atoms with Gasteiger partial charge in [-0.1, -0.05) is 48.0 Å². The Morgan fingerprint density at radius 2 is 1.92 bits per heavy atom. The van der Waals surface area contributed by atoms with Crippen molar-refractivity contribution in [2.24, 2.45) is 0 Å². The number of aryl methyl sites for hydroxylation is 2. The van der Waals surface area contributed by atoms with E-state index in [9.17, 15) is 4.79 Å². The molecule has 0 amide bonds. The number of carbonyl (C=O) groups is 1. The molecule has 130 valence electrons. The van der Waals surface area contributed by atoms with Crippen molar-refractivity contribution in [3.05, 3.63) is 77.3 Å². The van der Waals surface area contributed by atoms with Gasteiger partial charge in [0.05, 0.1) is 12.7 Å². The van der Waals surface area contributed by atoms with E-state index in [0.717, 1.165) is 17.5 Å². The number of hydrogen-bond donors (Lipinski definition) is 1. The predicted molar refractivity (Wildman–Crippen MR) is 101 cm³/mol. The molecule has 0 radical (unpaired) electrons. The number of hydrogen-bond acceptors (Lipinski definition) is 2. The molecule has 1 N–H and O–H groups in total. The Morgan fingerprint density at radius 3 is 2.64 bits per heavy atom. The molecule has 3 rings (SSSR count). The van der Waals surface area contributed by atoms with Crippen molar-refractivity contribution in [1.29, 1.82) is 0 Å². The number of rotatable bonds is 6. The summed E-state index contributed by atoms with van der Waals surface area (Å²) in [7, 11) is 0. The number of aliphatic carboxylic acids is 1. The molecule has 0 spiro atoms. The number of imidazole rings is 1. The summed E-state index contributed by atoms with van der Waals surface area (Å²) in [5, 5.41) is 9.66. The molecule has 3 aromatic rings. The van der Waals surface area contributed by atoms with Gasteiger partial charge in [-0.25, -0.2) is 4.98 Å². The van der Waals surface area contributed by atoms with Crippen LogP contribution in [-0.4, -0.2) is 20.6 Å². The lowest BCUT2D eigenvalue weighted by molar-refractivity contribution is -0.136. The summed E-state index contributed by atoms with van der Waals surface area (Å²) in [6.07, 6.45) is 4.03. The largest absolute Gasteiger partial charge is 0.481 e. The number of halogens is 2. The van der Waals surface area contributed by atoms with Crippen LogP contribution >= 0.6 is 24.0 Å². The van der Waals surface area contributed by atoms with E-state index in [1.807, 2.05) is 41.0 Å². The average molecular weight is 377 g/mol. The zero-order valence-corrected chi connectivity index (χ0v) is 15.0. The highest BCUT2D eigenvalue weighted by atomic mass is 35.5. The highest BCUT2D eigenvalue weighted by Gasteiger charge is 2.09. The molecule has 0 saturated heterocycles. The summed E-state index contributed by atoms with van der Waals surface area (Å²) < 4.78 is 1.89. The van der Waals surface area contributed by atoms with Gasteiger partial charge in [0.15, 0.2) is 0 Å². The highest BCUT2D eigenvalue weighted by molar-refractivity contribution is 6.30. The SMILES string of the molecule is Cl.O=C(O)Cc1cncn1CCc1ccc(Cl)cc1-c1ccccc1. The predicted octanol–water partition coefficient (Wildman–Crippen LogP) is 4.50. The molecule has 0 fully saturated rings. The summed E-state index contributed by atoms with van der Waals surface area (Å²) in [4.78, 5) is 15.0.